The van der Waals surface area contributed by atoms with E-state index in [2.05, 4.69) is 5.32 Å². The molecule has 0 heterocycles. The van der Waals surface area contributed by atoms with E-state index in [4.69, 9.17) is 11.6 Å². The van der Waals surface area contributed by atoms with Crippen LogP contribution in [-0.4, -0.2) is 17.3 Å². The largest absolute Gasteiger partial charge is 0.350 e. The fourth-order valence-electron chi connectivity index (χ4n) is 1.44. The van der Waals surface area contributed by atoms with E-state index in [0.29, 0.717) is 12.3 Å². The van der Waals surface area contributed by atoms with Crippen molar-refractivity contribution in [1.29, 1.82) is 0 Å². The Kier molecular flexibility index (Phi) is 4.36. The van der Waals surface area contributed by atoms with E-state index in [1.165, 1.54) is 0 Å². The third-order valence-corrected chi connectivity index (χ3v) is 3.09. The van der Waals surface area contributed by atoms with Crippen molar-refractivity contribution in [3.63, 3.8) is 0 Å². The molecule has 0 aliphatic heterocycles. The topological polar surface area (TPSA) is 29.1 Å². The number of amides is 1. The van der Waals surface area contributed by atoms with E-state index in [9.17, 15) is 4.79 Å². The van der Waals surface area contributed by atoms with Crippen LogP contribution in [0.25, 0.3) is 0 Å². The lowest BCUT2D eigenvalue weighted by atomic mass is 10.0. The smallest absolute Gasteiger partial charge is 0.224 e. The summed E-state index contributed by atoms with van der Waals surface area (Å²) in [6.45, 7) is 5.83. The van der Waals surface area contributed by atoms with Gasteiger partial charge in [0.25, 0.3) is 0 Å². The molecule has 0 saturated heterocycles. The van der Waals surface area contributed by atoms with Gasteiger partial charge in [0.05, 0.1) is 6.42 Å². The molecule has 0 aliphatic carbocycles. The third kappa shape index (κ3) is 3.86. The highest BCUT2D eigenvalue weighted by molar-refractivity contribution is 6.18. The van der Waals surface area contributed by atoms with Gasteiger partial charge in [0.15, 0.2) is 0 Å². The number of hydrogen-bond donors (Lipinski definition) is 1. The summed E-state index contributed by atoms with van der Waals surface area (Å²) in [4.78, 5) is 11.8. The summed E-state index contributed by atoms with van der Waals surface area (Å²) in [6.07, 6.45) is 0.410. The molecular formula is C13H18ClNO. The molecule has 0 fully saturated rings. The van der Waals surface area contributed by atoms with E-state index < -0.39 is 0 Å². The summed E-state index contributed by atoms with van der Waals surface area (Å²) >= 11 is 5.76. The predicted molar refractivity (Wildman–Crippen MR) is 67.8 cm³/mol. The second-order valence-corrected chi connectivity index (χ2v) is 4.94. The molecule has 88 valence electrons. The maximum absolute atomic E-state index is 11.8. The van der Waals surface area contributed by atoms with Crippen LogP contribution in [-0.2, 0) is 11.2 Å². The van der Waals surface area contributed by atoms with E-state index in [1.807, 2.05) is 45.0 Å². The minimum absolute atomic E-state index is 0.0138. The zero-order valence-electron chi connectivity index (χ0n) is 10.0. The summed E-state index contributed by atoms with van der Waals surface area (Å²) < 4.78 is 0. The number of alkyl halides is 1. The fraction of sp³-hybridized carbons (Fsp3) is 0.462. The van der Waals surface area contributed by atoms with Crippen molar-refractivity contribution in [2.75, 3.05) is 5.88 Å². The Morgan fingerprint density at radius 1 is 1.38 bits per heavy atom. The minimum atomic E-state index is -0.346. The van der Waals surface area contributed by atoms with E-state index in [1.54, 1.807) is 0 Å². The Balaban J connectivity index is 2.62. The minimum Gasteiger partial charge on any atom is -0.350 e. The van der Waals surface area contributed by atoms with Gasteiger partial charge in [0, 0.05) is 11.4 Å². The summed E-state index contributed by atoms with van der Waals surface area (Å²) in [6, 6.07) is 7.90. The zero-order chi connectivity index (χ0) is 12.2. The molecule has 0 aliphatic rings. The fourth-order valence-corrected chi connectivity index (χ4v) is 1.50. The van der Waals surface area contributed by atoms with E-state index >= 15 is 0 Å². The second-order valence-electron chi connectivity index (χ2n) is 4.67. The van der Waals surface area contributed by atoms with Crippen LogP contribution >= 0.6 is 11.6 Å². The number of carbonyl (C=O) groups excluding carboxylic acids is 1. The molecule has 3 heteroatoms. The van der Waals surface area contributed by atoms with Crippen molar-refractivity contribution in [3.05, 3.63) is 35.4 Å². The van der Waals surface area contributed by atoms with Crippen LogP contribution in [0.15, 0.2) is 24.3 Å². The lowest BCUT2D eigenvalue weighted by molar-refractivity contribution is -0.121. The lowest BCUT2D eigenvalue weighted by Gasteiger charge is -2.23. The average Bonchev–Trinajstić information content (AvgIpc) is 2.21. The molecule has 1 N–H and O–H groups in total. The summed E-state index contributed by atoms with van der Waals surface area (Å²) in [5.41, 5.74) is 1.85. The molecule has 1 aromatic rings. The van der Waals surface area contributed by atoms with E-state index in [0.717, 1.165) is 11.1 Å². The highest BCUT2D eigenvalue weighted by atomic mass is 35.5. The number of aryl methyl sites for hydroxylation is 1. The summed E-state index contributed by atoms with van der Waals surface area (Å²) in [5, 5.41) is 2.91. The van der Waals surface area contributed by atoms with Crippen LogP contribution in [0.2, 0.25) is 0 Å². The van der Waals surface area contributed by atoms with Gasteiger partial charge in [-0.1, -0.05) is 24.3 Å². The van der Waals surface area contributed by atoms with Gasteiger partial charge < -0.3 is 5.32 Å². The molecule has 0 aromatic heterocycles. The van der Waals surface area contributed by atoms with Gasteiger partial charge in [-0.25, -0.2) is 0 Å². The number of hydrogen-bond acceptors (Lipinski definition) is 1. The molecule has 0 bridgehead atoms. The molecule has 0 unspecified atom stereocenters. The van der Waals surface area contributed by atoms with E-state index in [-0.39, 0.29) is 11.4 Å². The number of halogens is 1. The molecule has 0 spiro atoms. The van der Waals surface area contributed by atoms with Crippen LogP contribution in [0.5, 0.6) is 0 Å². The molecule has 1 amide bonds. The van der Waals surface area contributed by atoms with Gasteiger partial charge in [-0.3, -0.25) is 4.79 Å². The molecule has 1 aromatic carbocycles. The van der Waals surface area contributed by atoms with Gasteiger partial charge in [-0.15, -0.1) is 11.6 Å². The number of rotatable bonds is 4. The summed E-state index contributed by atoms with van der Waals surface area (Å²) in [5.74, 6) is 0.423. The van der Waals surface area contributed by atoms with Crippen LogP contribution in [0, 0.1) is 6.92 Å². The first kappa shape index (κ1) is 13.0. The predicted octanol–water partition coefficient (Wildman–Crippen LogP) is 2.67. The number of carbonyl (C=O) groups is 1. The monoisotopic (exact) mass is 239 g/mol. The third-order valence-electron chi connectivity index (χ3n) is 2.42. The number of nitrogens with one attached hydrogen (secondary N) is 1. The molecular weight excluding hydrogens is 222 g/mol. The van der Waals surface area contributed by atoms with Crippen molar-refractivity contribution in [3.8, 4) is 0 Å². The standard InChI is InChI=1S/C13H18ClNO/c1-10-6-4-5-7-11(10)8-12(16)15-13(2,3)9-14/h4-7H,8-9H2,1-3H3,(H,15,16). The van der Waals surface area contributed by atoms with Crippen LogP contribution in [0.4, 0.5) is 0 Å². The zero-order valence-corrected chi connectivity index (χ0v) is 10.8. The van der Waals surface area contributed by atoms with Crippen LogP contribution in [0.3, 0.4) is 0 Å². The molecule has 0 radical (unpaired) electrons. The first-order valence-corrected chi connectivity index (χ1v) is 5.89. The first-order chi connectivity index (χ1) is 7.44. The Labute approximate surface area is 102 Å². The van der Waals surface area contributed by atoms with Crippen molar-refractivity contribution in [2.45, 2.75) is 32.7 Å². The summed E-state index contributed by atoms with van der Waals surface area (Å²) in [7, 11) is 0. The SMILES string of the molecule is Cc1ccccc1CC(=O)NC(C)(C)CCl. The molecule has 16 heavy (non-hydrogen) atoms. The van der Waals surface area contributed by atoms with Crippen LogP contribution in [0.1, 0.15) is 25.0 Å². The highest BCUT2D eigenvalue weighted by Crippen LogP contribution is 2.09. The lowest BCUT2D eigenvalue weighted by Crippen LogP contribution is -2.45. The van der Waals surface area contributed by atoms with Gasteiger partial charge in [-0.2, -0.15) is 0 Å². The normalized spacial score (nSPS) is 11.2. The quantitative estimate of drug-likeness (QED) is 0.805. The molecule has 0 saturated carbocycles. The second kappa shape index (κ2) is 5.35. The van der Waals surface area contributed by atoms with Crippen molar-refractivity contribution < 1.29 is 4.79 Å². The van der Waals surface area contributed by atoms with Gasteiger partial charge in [0.1, 0.15) is 0 Å². The van der Waals surface area contributed by atoms with Gasteiger partial charge in [0.2, 0.25) is 5.91 Å². The highest BCUT2D eigenvalue weighted by Gasteiger charge is 2.19. The maximum atomic E-state index is 11.8. The average molecular weight is 240 g/mol. The van der Waals surface area contributed by atoms with Crippen molar-refractivity contribution >= 4 is 17.5 Å². The first-order valence-electron chi connectivity index (χ1n) is 5.36. The molecule has 2 nitrogen and oxygen atoms in total. The van der Waals surface area contributed by atoms with Crippen molar-refractivity contribution in [1.82, 2.24) is 5.32 Å². The Morgan fingerprint density at radius 2 is 2.00 bits per heavy atom. The van der Waals surface area contributed by atoms with Crippen molar-refractivity contribution in [2.24, 2.45) is 0 Å². The Bertz CT molecular complexity index is 374. The Morgan fingerprint density at radius 3 is 2.56 bits per heavy atom. The van der Waals surface area contributed by atoms with Gasteiger partial charge >= 0.3 is 0 Å². The molecule has 0 atom stereocenters. The Hall–Kier alpha value is -1.02. The van der Waals surface area contributed by atoms with Gasteiger partial charge in [-0.05, 0) is 31.9 Å². The molecule has 1 rings (SSSR count). The number of benzene rings is 1. The van der Waals surface area contributed by atoms with Crippen LogP contribution < -0.4 is 5.32 Å². The maximum Gasteiger partial charge on any atom is 0.224 e.